The monoisotopic (exact) mass is 426 g/mol. The SMILES string of the molecule is C=CCCCC1CC([Si](C)(C)C2C3CCCCC3C3CCCCC32)C2CCCCC12. The molecule has 0 heterocycles. The minimum atomic E-state index is -1.27. The van der Waals surface area contributed by atoms with Crippen molar-refractivity contribution < 1.29 is 0 Å². The smallest absolute Gasteiger partial charge is 0.0544 e. The van der Waals surface area contributed by atoms with Crippen molar-refractivity contribution in [2.75, 3.05) is 0 Å². The summed E-state index contributed by atoms with van der Waals surface area (Å²) in [6.45, 7) is 9.86. The lowest BCUT2D eigenvalue weighted by Gasteiger charge is -2.47. The minimum Gasteiger partial charge on any atom is -0.103 e. The molecule has 1 heteroatoms. The highest BCUT2D eigenvalue weighted by Crippen LogP contribution is 2.67. The molecule has 0 aromatic heterocycles. The van der Waals surface area contributed by atoms with E-state index >= 15 is 0 Å². The maximum Gasteiger partial charge on any atom is 0.0544 e. The molecule has 0 N–H and O–H groups in total. The zero-order chi connectivity index (χ0) is 20.7. The van der Waals surface area contributed by atoms with E-state index in [1.54, 1.807) is 77.0 Å². The Morgan fingerprint density at radius 1 is 0.700 bits per heavy atom. The molecule has 5 fully saturated rings. The van der Waals surface area contributed by atoms with Gasteiger partial charge in [-0.1, -0.05) is 77.0 Å². The number of allylic oxidation sites excluding steroid dienone is 1. The van der Waals surface area contributed by atoms with Crippen molar-refractivity contribution in [3.05, 3.63) is 12.7 Å². The summed E-state index contributed by atoms with van der Waals surface area (Å²) in [4.78, 5) is 0. The summed E-state index contributed by atoms with van der Waals surface area (Å²) in [6, 6.07) is 0. The second-order valence-electron chi connectivity index (χ2n) is 13.0. The van der Waals surface area contributed by atoms with Gasteiger partial charge >= 0.3 is 0 Å². The molecule has 5 rings (SSSR count). The van der Waals surface area contributed by atoms with Crippen molar-refractivity contribution in [3.63, 3.8) is 0 Å². The van der Waals surface area contributed by atoms with Gasteiger partial charge in [0.2, 0.25) is 0 Å². The lowest BCUT2D eigenvalue weighted by molar-refractivity contribution is 0.184. The van der Waals surface area contributed by atoms with Gasteiger partial charge in [0, 0.05) is 0 Å². The first kappa shape index (κ1) is 21.8. The van der Waals surface area contributed by atoms with Crippen molar-refractivity contribution in [2.24, 2.45) is 41.4 Å². The summed E-state index contributed by atoms with van der Waals surface area (Å²) < 4.78 is 0. The molecule has 0 saturated heterocycles. The molecule has 8 unspecified atom stereocenters. The molecular weight excluding hydrogens is 376 g/mol. The normalized spacial score (nSPS) is 46.1. The van der Waals surface area contributed by atoms with E-state index in [-0.39, 0.29) is 0 Å². The van der Waals surface area contributed by atoms with Crippen LogP contribution in [-0.2, 0) is 0 Å². The van der Waals surface area contributed by atoms with Crippen molar-refractivity contribution in [3.8, 4) is 0 Å². The second-order valence-corrected chi connectivity index (χ2v) is 18.1. The molecule has 0 aromatic rings. The fraction of sp³-hybridized carbons (Fsp3) is 0.931. The summed E-state index contributed by atoms with van der Waals surface area (Å²) >= 11 is 0. The summed E-state index contributed by atoms with van der Waals surface area (Å²) in [5.41, 5.74) is 2.34. The molecular formula is C29H50Si. The van der Waals surface area contributed by atoms with Gasteiger partial charge in [0.15, 0.2) is 0 Å². The highest BCUT2D eigenvalue weighted by Gasteiger charge is 2.60. The molecule has 5 saturated carbocycles. The third-order valence-electron chi connectivity index (χ3n) is 11.6. The first-order chi connectivity index (χ1) is 14.6. The Balaban J connectivity index is 1.40. The molecule has 0 aromatic carbocycles. The fourth-order valence-corrected chi connectivity index (χ4v) is 16.6. The number of unbranched alkanes of at least 4 members (excludes halogenated alkanes) is 1. The van der Waals surface area contributed by atoms with Gasteiger partial charge in [-0.2, -0.15) is 0 Å². The Kier molecular flexibility index (Phi) is 6.59. The standard InChI is InChI=1S/C29H50Si/c1-4-5-6-13-21-20-28(25-17-10-7-14-22(21)25)30(2,3)29-26-18-11-8-15-23(26)24-16-9-12-19-27(24)29/h4,21-29H,1,5-20H2,2-3H3. The first-order valence-corrected chi connectivity index (χ1v) is 17.4. The summed E-state index contributed by atoms with van der Waals surface area (Å²) in [5.74, 6) is 7.88. The van der Waals surface area contributed by atoms with E-state index in [1.165, 1.54) is 31.2 Å². The molecule has 5 aliphatic carbocycles. The van der Waals surface area contributed by atoms with Gasteiger partial charge in [-0.15, -0.1) is 6.58 Å². The average Bonchev–Trinajstić information content (AvgIpc) is 3.31. The molecule has 0 spiro atoms. The highest BCUT2D eigenvalue weighted by atomic mass is 28.3. The molecule has 30 heavy (non-hydrogen) atoms. The first-order valence-electron chi connectivity index (χ1n) is 14.2. The van der Waals surface area contributed by atoms with Gasteiger partial charge in [-0.05, 0) is 97.5 Å². The molecule has 0 aliphatic heterocycles. The Morgan fingerprint density at radius 2 is 1.20 bits per heavy atom. The third-order valence-corrected chi connectivity index (χ3v) is 16.7. The van der Waals surface area contributed by atoms with Crippen LogP contribution in [0.5, 0.6) is 0 Å². The summed E-state index contributed by atoms with van der Waals surface area (Å²) in [7, 11) is -1.27. The van der Waals surface area contributed by atoms with E-state index in [1.807, 2.05) is 0 Å². The number of hydrogen-bond donors (Lipinski definition) is 0. The van der Waals surface area contributed by atoms with Gasteiger partial charge < -0.3 is 0 Å². The minimum absolute atomic E-state index is 1.07. The Hall–Kier alpha value is -0.0431. The maximum absolute atomic E-state index is 4.00. The van der Waals surface area contributed by atoms with Crippen molar-refractivity contribution in [1.29, 1.82) is 0 Å². The third kappa shape index (κ3) is 3.71. The van der Waals surface area contributed by atoms with E-state index in [0.29, 0.717) is 0 Å². The Bertz CT molecular complexity index is 571. The maximum atomic E-state index is 4.00. The van der Waals surface area contributed by atoms with E-state index in [9.17, 15) is 0 Å². The van der Waals surface area contributed by atoms with Crippen molar-refractivity contribution in [1.82, 2.24) is 0 Å². The summed E-state index contributed by atoms with van der Waals surface area (Å²) in [5, 5.41) is 0. The van der Waals surface area contributed by atoms with Crippen molar-refractivity contribution >= 4 is 8.07 Å². The van der Waals surface area contributed by atoms with Gasteiger partial charge in [0.1, 0.15) is 0 Å². The Morgan fingerprint density at radius 3 is 1.77 bits per heavy atom. The van der Waals surface area contributed by atoms with Crippen LogP contribution in [0.3, 0.4) is 0 Å². The van der Waals surface area contributed by atoms with E-state index in [0.717, 1.165) is 47.0 Å². The van der Waals surface area contributed by atoms with E-state index < -0.39 is 8.07 Å². The fourth-order valence-electron chi connectivity index (χ4n) is 10.7. The average molecular weight is 427 g/mol. The van der Waals surface area contributed by atoms with Crippen LogP contribution < -0.4 is 0 Å². The largest absolute Gasteiger partial charge is 0.103 e. The predicted molar refractivity (Wildman–Crippen MR) is 133 cm³/mol. The topological polar surface area (TPSA) is 0 Å². The lowest BCUT2D eigenvalue weighted by atomic mass is 9.73. The molecule has 5 aliphatic rings. The molecule has 170 valence electrons. The van der Waals surface area contributed by atoms with Crippen LogP contribution in [-0.4, -0.2) is 8.07 Å². The van der Waals surface area contributed by atoms with Crippen LogP contribution >= 0.6 is 0 Å². The highest BCUT2D eigenvalue weighted by molar-refractivity contribution is 6.80. The number of fused-ring (bicyclic) bond motifs is 4. The van der Waals surface area contributed by atoms with Crippen LogP contribution in [0.25, 0.3) is 0 Å². The van der Waals surface area contributed by atoms with E-state index in [2.05, 4.69) is 25.7 Å². The van der Waals surface area contributed by atoms with Gasteiger partial charge in [-0.25, -0.2) is 0 Å². The number of rotatable bonds is 6. The zero-order valence-corrected chi connectivity index (χ0v) is 21.3. The van der Waals surface area contributed by atoms with Gasteiger partial charge in [0.25, 0.3) is 0 Å². The van der Waals surface area contributed by atoms with Crippen LogP contribution in [0.15, 0.2) is 12.7 Å². The summed E-state index contributed by atoms with van der Waals surface area (Å²) in [6.07, 6.45) is 26.9. The molecule has 0 nitrogen and oxygen atoms in total. The lowest BCUT2D eigenvalue weighted by Crippen LogP contribution is -2.45. The predicted octanol–water partition coefficient (Wildman–Crippen LogP) is 9.24. The molecule has 0 bridgehead atoms. The second kappa shape index (κ2) is 9.07. The van der Waals surface area contributed by atoms with Gasteiger partial charge in [0.05, 0.1) is 8.07 Å². The molecule has 0 amide bonds. The zero-order valence-electron chi connectivity index (χ0n) is 20.3. The molecule has 0 radical (unpaired) electrons. The van der Waals surface area contributed by atoms with Crippen LogP contribution in [0, 0.1) is 41.4 Å². The molecule has 8 atom stereocenters. The quantitative estimate of drug-likeness (QED) is 0.225. The van der Waals surface area contributed by atoms with Gasteiger partial charge in [-0.3, -0.25) is 0 Å². The van der Waals surface area contributed by atoms with Crippen LogP contribution in [0.4, 0.5) is 0 Å². The van der Waals surface area contributed by atoms with Crippen LogP contribution in [0.2, 0.25) is 24.2 Å². The Labute approximate surface area is 189 Å². The van der Waals surface area contributed by atoms with E-state index in [4.69, 9.17) is 0 Å². The van der Waals surface area contributed by atoms with Crippen LogP contribution in [0.1, 0.15) is 103 Å². The number of hydrogen-bond acceptors (Lipinski definition) is 0. The van der Waals surface area contributed by atoms with Crippen molar-refractivity contribution in [2.45, 2.75) is 127 Å².